The zero-order valence-electron chi connectivity index (χ0n) is 9.11. The van der Waals surface area contributed by atoms with Crippen LogP contribution in [0.3, 0.4) is 0 Å². The van der Waals surface area contributed by atoms with Crippen molar-refractivity contribution in [1.82, 2.24) is 15.1 Å². The van der Waals surface area contributed by atoms with E-state index in [2.05, 4.69) is 10.2 Å². The van der Waals surface area contributed by atoms with Gasteiger partial charge in [0.1, 0.15) is 0 Å². The van der Waals surface area contributed by atoms with Crippen LogP contribution < -0.4 is 5.32 Å². The average molecular weight is 209 g/mol. The largest absolute Gasteiger partial charge is 0.325 e. The fourth-order valence-electron chi connectivity index (χ4n) is 3.16. The van der Waals surface area contributed by atoms with Crippen molar-refractivity contribution in [3.63, 3.8) is 0 Å². The Bertz CT molecular complexity index is 247. The van der Waals surface area contributed by atoms with Crippen LogP contribution in [-0.4, -0.2) is 54.1 Å². The van der Waals surface area contributed by atoms with Gasteiger partial charge in [-0.15, -0.1) is 0 Å². The summed E-state index contributed by atoms with van der Waals surface area (Å²) in [5, 5.41) is 3.41. The molecule has 15 heavy (non-hydrogen) atoms. The van der Waals surface area contributed by atoms with E-state index in [1.54, 1.807) is 0 Å². The second kappa shape index (κ2) is 3.67. The predicted octanol–water partition coefficient (Wildman–Crippen LogP) is 0.638. The van der Waals surface area contributed by atoms with Crippen LogP contribution in [-0.2, 0) is 0 Å². The molecule has 0 aromatic carbocycles. The van der Waals surface area contributed by atoms with Crippen molar-refractivity contribution < 1.29 is 4.79 Å². The van der Waals surface area contributed by atoms with Gasteiger partial charge in [-0.25, -0.2) is 4.79 Å². The third kappa shape index (κ3) is 1.51. The second-order valence-electron chi connectivity index (χ2n) is 4.93. The summed E-state index contributed by atoms with van der Waals surface area (Å²) < 4.78 is 0. The molecule has 0 saturated carbocycles. The lowest BCUT2D eigenvalue weighted by Crippen LogP contribution is -2.57. The molecule has 3 aliphatic heterocycles. The van der Waals surface area contributed by atoms with Crippen molar-refractivity contribution in [2.45, 2.75) is 37.8 Å². The minimum Gasteiger partial charge on any atom is -0.325 e. The summed E-state index contributed by atoms with van der Waals surface area (Å²) in [5.41, 5.74) is 0. The van der Waals surface area contributed by atoms with Crippen LogP contribution in [0, 0.1) is 0 Å². The Kier molecular flexibility index (Phi) is 2.31. The first-order valence-electron chi connectivity index (χ1n) is 6.14. The first-order valence-corrected chi connectivity index (χ1v) is 6.14. The molecule has 4 nitrogen and oxygen atoms in total. The number of fused-ring (bicyclic) bond motifs is 2. The van der Waals surface area contributed by atoms with E-state index >= 15 is 0 Å². The van der Waals surface area contributed by atoms with E-state index in [0.717, 1.165) is 26.2 Å². The van der Waals surface area contributed by atoms with Crippen LogP contribution in [0.15, 0.2) is 0 Å². The number of nitrogens with zero attached hydrogens (tertiary/aromatic N) is 2. The topological polar surface area (TPSA) is 35.6 Å². The maximum absolute atomic E-state index is 12.3. The number of piperazine rings is 1. The van der Waals surface area contributed by atoms with Crippen molar-refractivity contribution in [3.05, 3.63) is 0 Å². The number of likely N-dealkylation sites (tertiary alicyclic amines) is 1. The summed E-state index contributed by atoms with van der Waals surface area (Å²) in [7, 11) is 0. The van der Waals surface area contributed by atoms with E-state index < -0.39 is 0 Å². The van der Waals surface area contributed by atoms with E-state index in [4.69, 9.17) is 0 Å². The molecular formula is C11H19N3O. The van der Waals surface area contributed by atoms with Crippen molar-refractivity contribution in [2.24, 2.45) is 0 Å². The van der Waals surface area contributed by atoms with Gasteiger partial charge < -0.3 is 15.1 Å². The van der Waals surface area contributed by atoms with Gasteiger partial charge >= 0.3 is 6.03 Å². The first-order chi connectivity index (χ1) is 7.36. The molecule has 0 aromatic heterocycles. The van der Waals surface area contributed by atoms with Gasteiger partial charge in [-0.3, -0.25) is 0 Å². The number of carbonyl (C=O) groups excluding carboxylic acids is 1. The van der Waals surface area contributed by atoms with Gasteiger partial charge in [0, 0.05) is 38.3 Å². The molecule has 4 heteroatoms. The number of hydrogen-bond donors (Lipinski definition) is 1. The van der Waals surface area contributed by atoms with Gasteiger partial charge in [0.25, 0.3) is 0 Å². The molecule has 2 atom stereocenters. The van der Waals surface area contributed by atoms with Crippen molar-refractivity contribution in [3.8, 4) is 0 Å². The van der Waals surface area contributed by atoms with Crippen LogP contribution >= 0.6 is 0 Å². The highest BCUT2D eigenvalue weighted by molar-refractivity contribution is 5.76. The Morgan fingerprint density at radius 1 is 1.07 bits per heavy atom. The zero-order chi connectivity index (χ0) is 10.3. The molecule has 2 unspecified atom stereocenters. The Hall–Kier alpha value is -0.770. The highest BCUT2D eigenvalue weighted by atomic mass is 16.2. The highest BCUT2D eigenvalue weighted by Crippen LogP contribution is 2.28. The van der Waals surface area contributed by atoms with E-state index in [1.165, 1.54) is 25.7 Å². The standard InChI is InChI=1S/C11H19N3O/c15-11(13-5-1-2-6-13)14-9-3-4-10(14)8-12-7-9/h9-10,12H,1-8H2. The third-order valence-electron chi connectivity index (χ3n) is 3.98. The van der Waals surface area contributed by atoms with Crippen LogP contribution in [0.5, 0.6) is 0 Å². The van der Waals surface area contributed by atoms with Gasteiger partial charge in [0.2, 0.25) is 0 Å². The van der Waals surface area contributed by atoms with E-state index in [1.807, 2.05) is 4.90 Å². The summed E-state index contributed by atoms with van der Waals surface area (Å²) >= 11 is 0. The summed E-state index contributed by atoms with van der Waals surface area (Å²) in [5.74, 6) is 0. The Morgan fingerprint density at radius 3 is 2.27 bits per heavy atom. The van der Waals surface area contributed by atoms with Crippen LogP contribution in [0.1, 0.15) is 25.7 Å². The molecule has 3 aliphatic rings. The minimum absolute atomic E-state index is 0.307. The molecule has 3 heterocycles. The molecule has 3 fully saturated rings. The number of amides is 2. The lowest BCUT2D eigenvalue weighted by Gasteiger charge is -2.37. The number of nitrogens with one attached hydrogen (secondary N) is 1. The second-order valence-corrected chi connectivity index (χ2v) is 4.93. The fraction of sp³-hybridized carbons (Fsp3) is 0.909. The molecule has 0 spiro atoms. The first kappa shape index (κ1) is 9.46. The molecule has 0 aromatic rings. The van der Waals surface area contributed by atoms with E-state index in [9.17, 15) is 4.79 Å². The molecule has 2 amide bonds. The highest BCUT2D eigenvalue weighted by Gasteiger charge is 2.41. The molecule has 3 rings (SSSR count). The van der Waals surface area contributed by atoms with Gasteiger partial charge in [-0.05, 0) is 25.7 Å². The number of rotatable bonds is 0. The SMILES string of the molecule is O=C(N1CCCC1)N1C2CCC1CNC2. The van der Waals surface area contributed by atoms with Gasteiger partial charge in [0.05, 0.1) is 0 Å². The number of carbonyl (C=O) groups is 1. The quantitative estimate of drug-likeness (QED) is 0.635. The summed E-state index contributed by atoms with van der Waals surface area (Å²) in [4.78, 5) is 16.5. The number of hydrogen-bond acceptors (Lipinski definition) is 2. The van der Waals surface area contributed by atoms with Crippen molar-refractivity contribution >= 4 is 6.03 Å². The molecule has 1 N–H and O–H groups in total. The maximum Gasteiger partial charge on any atom is 0.320 e. The summed E-state index contributed by atoms with van der Waals surface area (Å²) in [6, 6.07) is 1.25. The van der Waals surface area contributed by atoms with Crippen molar-refractivity contribution in [1.29, 1.82) is 0 Å². The van der Waals surface area contributed by atoms with Crippen LogP contribution in [0.2, 0.25) is 0 Å². The smallest absolute Gasteiger partial charge is 0.320 e. The normalized spacial score (nSPS) is 34.9. The monoisotopic (exact) mass is 209 g/mol. The van der Waals surface area contributed by atoms with Crippen LogP contribution in [0.25, 0.3) is 0 Å². The summed E-state index contributed by atoms with van der Waals surface area (Å²) in [6.07, 6.45) is 4.76. The maximum atomic E-state index is 12.3. The van der Waals surface area contributed by atoms with Gasteiger partial charge in [-0.1, -0.05) is 0 Å². The lowest BCUT2D eigenvalue weighted by atomic mass is 10.2. The Labute approximate surface area is 90.6 Å². The Balaban J connectivity index is 1.73. The Morgan fingerprint density at radius 2 is 1.67 bits per heavy atom. The zero-order valence-corrected chi connectivity index (χ0v) is 9.11. The van der Waals surface area contributed by atoms with E-state index in [-0.39, 0.29) is 0 Å². The molecule has 0 aliphatic carbocycles. The molecule has 84 valence electrons. The van der Waals surface area contributed by atoms with Gasteiger partial charge in [-0.2, -0.15) is 0 Å². The average Bonchev–Trinajstić information content (AvgIpc) is 2.85. The molecule has 3 saturated heterocycles. The summed E-state index contributed by atoms with van der Waals surface area (Å²) in [6.45, 7) is 3.94. The predicted molar refractivity (Wildman–Crippen MR) is 57.7 cm³/mol. The van der Waals surface area contributed by atoms with Gasteiger partial charge in [0.15, 0.2) is 0 Å². The fourth-order valence-corrected chi connectivity index (χ4v) is 3.16. The lowest BCUT2D eigenvalue weighted by molar-refractivity contribution is 0.124. The van der Waals surface area contributed by atoms with Crippen molar-refractivity contribution in [2.75, 3.05) is 26.2 Å². The minimum atomic E-state index is 0.307. The number of urea groups is 1. The van der Waals surface area contributed by atoms with Crippen LogP contribution in [0.4, 0.5) is 4.79 Å². The molecule has 0 radical (unpaired) electrons. The molecule has 2 bridgehead atoms. The molecular weight excluding hydrogens is 190 g/mol. The van der Waals surface area contributed by atoms with E-state index in [0.29, 0.717) is 18.1 Å². The third-order valence-corrected chi connectivity index (χ3v) is 3.98.